The quantitative estimate of drug-likeness (QED) is 0.868. The van der Waals surface area contributed by atoms with Crippen LogP contribution in [-0.4, -0.2) is 22.1 Å². The van der Waals surface area contributed by atoms with Gasteiger partial charge in [0.1, 0.15) is 12.4 Å². The second kappa shape index (κ2) is 5.22. The maximum absolute atomic E-state index is 6.09. The Hall–Kier alpha value is -1.16. The minimum absolute atomic E-state index is 0.245. The molecular weight excluding hydrogens is 226 g/mol. The van der Waals surface area contributed by atoms with Gasteiger partial charge in [0.25, 0.3) is 0 Å². The number of ether oxygens (including phenoxy) is 1. The Morgan fingerprint density at radius 1 is 1.11 bits per heavy atom. The van der Waals surface area contributed by atoms with E-state index in [1.54, 1.807) is 6.33 Å². The fourth-order valence-electron chi connectivity index (χ4n) is 3.04. The summed E-state index contributed by atoms with van der Waals surface area (Å²) in [5.74, 6) is 0.818. The van der Waals surface area contributed by atoms with Gasteiger partial charge >= 0.3 is 0 Å². The van der Waals surface area contributed by atoms with Crippen molar-refractivity contribution in [1.82, 2.24) is 9.97 Å². The maximum atomic E-state index is 6.09. The van der Waals surface area contributed by atoms with Crippen molar-refractivity contribution >= 4 is 0 Å². The van der Waals surface area contributed by atoms with Gasteiger partial charge in [0, 0.05) is 11.6 Å². The van der Waals surface area contributed by atoms with E-state index in [4.69, 9.17) is 10.5 Å². The van der Waals surface area contributed by atoms with Crippen molar-refractivity contribution < 1.29 is 4.74 Å². The van der Waals surface area contributed by atoms with Gasteiger partial charge in [-0.3, -0.25) is 0 Å². The molecule has 1 aromatic rings. The van der Waals surface area contributed by atoms with E-state index in [2.05, 4.69) is 9.97 Å². The molecule has 1 fully saturated rings. The average molecular weight is 247 g/mol. The number of aromatic nitrogens is 2. The van der Waals surface area contributed by atoms with E-state index >= 15 is 0 Å². The molecule has 2 N–H and O–H groups in total. The van der Waals surface area contributed by atoms with Crippen molar-refractivity contribution in [3.63, 3.8) is 0 Å². The summed E-state index contributed by atoms with van der Waals surface area (Å²) in [5, 5.41) is 0. The molecule has 4 heteroatoms. The monoisotopic (exact) mass is 247 g/mol. The topological polar surface area (TPSA) is 61.0 Å². The summed E-state index contributed by atoms with van der Waals surface area (Å²) in [6.45, 7) is 0. The summed E-state index contributed by atoms with van der Waals surface area (Å²) in [7, 11) is 0. The van der Waals surface area contributed by atoms with Crippen LogP contribution in [0.25, 0.3) is 0 Å². The summed E-state index contributed by atoms with van der Waals surface area (Å²) in [5.41, 5.74) is 8.43. The van der Waals surface area contributed by atoms with Crippen molar-refractivity contribution in [1.29, 1.82) is 0 Å². The highest BCUT2D eigenvalue weighted by molar-refractivity contribution is 5.31. The Balaban J connectivity index is 1.76. The van der Waals surface area contributed by atoms with Gasteiger partial charge in [0.15, 0.2) is 0 Å². The zero-order chi connectivity index (χ0) is 12.4. The molecule has 0 bridgehead atoms. The van der Waals surface area contributed by atoms with Crippen molar-refractivity contribution in [2.75, 3.05) is 0 Å². The highest BCUT2D eigenvalue weighted by atomic mass is 16.5. The first-order chi connectivity index (χ1) is 8.83. The SMILES string of the molecule is NC1CCCC(Oc2ncnc3c2CCCC3)C1. The lowest BCUT2D eigenvalue weighted by Gasteiger charge is -2.28. The lowest BCUT2D eigenvalue weighted by Crippen LogP contribution is -2.34. The molecule has 1 heterocycles. The first kappa shape index (κ1) is 11.9. The van der Waals surface area contributed by atoms with Crippen LogP contribution in [-0.2, 0) is 12.8 Å². The van der Waals surface area contributed by atoms with E-state index < -0.39 is 0 Å². The van der Waals surface area contributed by atoms with Gasteiger partial charge < -0.3 is 10.5 Å². The molecule has 1 saturated carbocycles. The first-order valence-electron chi connectivity index (χ1n) is 7.08. The smallest absolute Gasteiger partial charge is 0.220 e. The van der Waals surface area contributed by atoms with Crippen molar-refractivity contribution in [3.05, 3.63) is 17.6 Å². The van der Waals surface area contributed by atoms with E-state index in [-0.39, 0.29) is 6.10 Å². The molecule has 3 rings (SSSR count). The number of rotatable bonds is 2. The third kappa shape index (κ3) is 2.48. The minimum Gasteiger partial charge on any atom is -0.474 e. The van der Waals surface area contributed by atoms with Gasteiger partial charge in [-0.15, -0.1) is 0 Å². The summed E-state index contributed by atoms with van der Waals surface area (Å²) in [4.78, 5) is 8.71. The summed E-state index contributed by atoms with van der Waals surface area (Å²) < 4.78 is 6.09. The molecule has 1 aromatic heterocycles. The van der Waals surface area contributed by atoms with E-state index in [1.165, 1.54) is 30.5 Å². The summed E-state index contributed by atoms with van der Waals surface area (Å²) >= 11 is 0. The Morgan fingerprint density at radius 3 is 2.89 bits per heavy atom. The molecule has 2 unspecified atom stereocenters. The average Bonchev–Trinajstić information content (AvgIpc) is 2.39. The molecule has 4 nitrogen and oxygen atoms in total. The Labute approximate surface area is 108 Å². The van der Waals surface area contributed by atoms with Gasteiger partial charge in [0.05, 0.1) is 5.69 Å². The number of fused-ring (bicyclic) bond motifs is 1. The molecule has 2 aliphatic rings. The van der Waals surface area contributed by atoms with Crippen LogP contribution in [0.2, 0.25) is 0 Å². The van der Waals surface area contributed by atoms with Gasteiger partial charge in [-0.05, 0) is 51.4 Å². The van der Waals surface area contributed by atoms with E-state index in [0.29, 0.717) is 6.04 Å². The zero-order valence-corrected chi connectivity index (χ0v) is 10.8. The number of hydrogen-bond acceptors (Lipinski definition) is 4. The van der Waals surface area contributed by atoms with Crippen molar-refractivity contribution in [2.24, 2.45) is 5.73 Å². The highest BCUT2D eigenvalue weighted by Crippen LogP contribution is 2.29. The molecule has 0 spiro atoms. The maximum Gasteiger partial charge on any atom is 0.220 e. The van der Waals surface area contributed by atoms with Crippen molar-refractivity contribution in [3.8, 4) is 5.88 Å². The summed E-state index contributed by atoms with van der Waals surface area (Å²) in [6.07, 6.45) is 10.8. The molecule has 0 aliphatic heterocycles. The van der Waals surface area contributed by atoms with Gasteiger partial charge in [-0.25, -0.2) is 9.97 Å². The number of nitrogens with two attached hydrogens (primary N) is 1. The van der Waals surface area contributed by atoms with Crippen molar-refractivity contribution in [2.45, 2.75) is 63.5 Å². The van der Waals surface area contributed by atoms with Crippen LogP contribution >= 0.6 is 0 Å². The highest BCUT2D eigenvalue weighted by Gasteiger charge is 2.23. The van der Waals surface area contributed by atoms with Crippen LogP contribution in [0.5, 0.6) is 5.88 Å². The molecule has 0 saturated heterocycles. The van der Waals surface area contributed by atoms with Crippen LogP contribution in [0.3, 0.4) is 0 Å². The van der Waals surface area contributed by atoms with Gasteiger partial charge in [0.2, 0.25) is 5.88 Å². The first-order valence-corrected chi connectivity index (χ1v) is 7.08. The molecule has 0 aromatic carbocycles. The predicted octanol–water partition coefficient (Wildman–Crippen LogP) is 2.00. The van der Waals surface area contributed by atoms with E-state index in [9.17, 15) is 0 Å². The fourth-order valence-corrected chi connectivity index (χ4v) is 3.04. The van der Waals surface area contributed by atoms with E-state index in [1.807, 2.05) is 0 Å². The normalized spacial score (nSPS) is 27.6. The Kier molecular flexibility index (Phi) is 3.46. The lowest BCUT2D eigenvalue weighted by atomic mass is 9.93. The third-order valence-corrected chi connectivity index (χ3v) is 4.03. The standard InChI is InChI=1S/C14H21N3O/c15-10-4-3-5-11(8-10)18-14-12-6-1-2-7-13(12)16-9-17-14/h9-11H,1-8,15H2. The van der Waals surface area contributed by atoms with Crippen LogP contribution in [0.1, 0.15) is 49.8 Å². The molecule has 0 amide bonds. The summed E-state index contributed by atoms with van der Waals surface area (Å²) in [6, 6.07) is 0.293. The number of aryl methyl sites for hydroxylation is 1. The van der Waals surface area contributed by atoms with Gasteiger partial charge in [-0.1, -0.05) is 0 Å². The van der Waals surface area contributed by atoms with Crippen LogP contribution in [0.4, 0.5) is 0 Å². The fraction of sp³-hybridized carbons (Fsp3) is 0.714. The predicted molar refractivity (Wildman–Crippen MR) is 69.5 cm³/mol. The largest absolute Gasteiger partial charge is 0.474 e. The van der Waals surface area contributed by atoms with Crippen LogP contribution in [0.15, 0.2) is 6.33 Å². The number of hydrogen-bond donors (Lipinski definition) is 1. The zero-order valence-electron chi connectivity index (χ0n) is 10.8. The molecule has 2 aliphatic carbocycles. The Bertz CT molecular complexity index is 422. The van der Waals surface area contributed by atoms with E-state index in [0.717, 1.165) is 38.0 Å². The third-order valence-electron chi connectivity index (χ3n) is 4.03. The molecule has 0 radical (unpaired) electrons. The van der Waals surface area contributed by atoms with Gasteiger partial charge in [-0.2, -0.15) is 0 Å². The lowest BCUT2D eigenvalue weighted by molar-refractivity contribution is 0.136. The molecule has 2 atom stereocenters. The second-order valence-electron chi connectivity index (χ2n) is 5.48. The van der Waals surface area contributed by atoms with Crippen LogP contribution < -0.4 is 10.5 Å². The van der Waals surface area contributed by atoms with Crippen LogP contribution in [0, 0.1) is 0 Å². The molecule has 18 heavy (non-hydrogen) atoms. The number of nitrogens with zero attached hydrogens (tertiary/aromatic N) is 2. The molecular formula is C14H21N3O. The Morgan fingerprint density at radius 2 is 2.00 bits per heavy atom. The second-order valence-corrected chi connectivity index (χ2v) is 5.48. The minimum atomic E-state index is 0.245. The molecule has 98 valence electrons.